The van der Waals surface area contributed by atoms with Crippen LogP contribution in [0.15, 0.2) is 34.9 Å². The predicted molar refractivity (Wildman–Crippen MR) is 87.7 cm³/mol. The van der Waals surface area contributed by atoms with Gasteiger partial charge in [-0.05, 0) is 49.5 Å². The fraction of sp³-hybridized carbons (Fsp3) is 0.444. The third-order valence-corrected chi connectivity index (χ3v) is 4.39. The summed E-state index contributed by atoms with van der Waals surface area (Å²) in [4.78, 5) is 18.7. The van der Waals surface area contributed by atoms with Gasteiger partial charge in [0.05, 0.1) is 6.54 Å². The van der Waals surface area contributed by atoms with Crippen LogP contribution >= 0.6 is 0 Å². The molecule has 5 nitrogen and oxygen atoms in total. The number of piperidine rings is 1. The van der Waals surface area contributed by atoms with E-state index in [1.165, 1.54) is 31.2 Å². The monoisotopic (exact) mass is 331 g/mol. The van der Waals surface area contributed by atoms with E-state index in [1.807, 2.05) is 0 Å². The maximum Gasteiger partial charge on any atom is 0.273 e. The standard InChI is InChI=1S/C18H22FN3O2/c1-13-6-8-22(9-7-13)11-17-21-16(12-24-17)18(23)20-10-14-2-4-15(19)5-3-14/h2-5,12-13H,6-11H2,1H3,(H,20,23). The number of oxazole rings is 1. The number of rotatable bonds is 5. The summed E-state index contributed by atoms with van der Waals surface area (Å²) in [6.07, 6.45) is 3.76. The van der Waals surface area contributed by atoms with Gasteiger partial charge >= 0.3 is 0 Å². The van der Waals surface area contributed by atoms with E-state index in [4.69, 9.17) is 4.42 Å². The minimum Gasteiger partial charge on any atom is -0.447 e. The van der Waals surface area contributed by atoms with E-state index in [2.05, 4.69) is 22.1 Å². The maximum absolute atomic E-state index is 12.9. The molecule has 0 saturated carbocycles. The Morgan fingerprint density at radius 1 is 1.33 bits per heavy atom. The third kappa shape index (κ3) is 4.41. The lowest BCUT2D eigenvalue weighted by atomic mass is 9.99. The lowest BCUT2D eigenvalue weighted by Gasteiger charge is -2.28. The Balaban J connectivity index is 1.50. The molecule has 1 aliphatic heterocycles. The lowest BCUT2D eigenvalue weighted by molar-refractivity contribution is 0.0945. The summed E-state index contributed by atoms with van der Waals surface area (Å²) in [5.41, 5.74) is 1.10. The van der Waals surface area contributed by atoms with Crippen molar-refractivity contribution in [1.29, 1.82) is 0 Å². The highest BCUT2D eigenvalue weighted by Crippen LogP contribution is 2.18. The molecule has 1 amide bonds. The van der Waals surface area contributed by atoms with Gasteiger partial charge in [0.1, 0.15) is 12.1 Å². The van der Waals surface area contributed by atoms with Crippen LogP contribution in [0.25, 0.3) is 0 Å². The number of likely N-dealkylation sites (tertiary alicyclic amines) is 1. The van der Waals surface area contributed by atoms with Crippen LogP contribution in [0.3, 0.4) is 0 Å². The van der Waals surface area contributed by atoms with Crippen molar-refractivity contribution in [2.45, 2.75) is 32.9 Å². The number of nitrogens with zero attached hydrogens (tertiary/aromatic N) is 2. The van der Waals surface area contributed by atoms with Crippen LogP contribution in [0.2, 0.25) is 0 Å². The second-order valence-corrected chi connectivity index (χ2v) is 6.39. The van der Waals surface area contributed by atoms with Crippen molar-refractivity contribution in [3.63, 3.8) is 0 Å². The Bertz CT molecular complexity index is 676. The van der Waals surface area contributed by atoms with Crippen LogP contribution < -0.4 is 5.32 Å². The van der Waals surface area contributed by atoms with E-state index in [-0.39, 0.29) is 17.4 Å². The minimum atomic E-state index is -0.293. The van der Waals surface area contributed by atoms with Crippen molar-refractivity contribution >= 4 is 5.91 Å². The van der Waals surface area contributed by atoms with Gasteiger partial charge in [0.15, 0.2) is 5.69 Å². The first kappa shape index (κ1) is 16.6. The number of halogens is 1. The lowest BCUT2D eigenvalue weighted by Crippen LogP contribution is -2.32. The molecule has 0 aliphatic carbocycles. The highest BCUT2D eigenvalue weighted by atomic mass is 19.1. The van der Waals surface area contributed by atoms with Crippen molar-refractivity contribution in [2.24, 2.45) is 5.92 Å². The van der Waals surface area contributed by atoms with Gasteiger partial charge < -0.3 is 9.73 Å². The van der Waals surface area contributed by atoms with Crippen LogP contribution in [0, 0.1) is 11.7 Å². The van der Waals surface area contributed by atoms with Gasteiger partial charge in [-0.1, -0.05) is 19.1 Å². The average Bonchev–Trinajstić information content (AvgIpc) is 3.05. The van der Waals surface area contributed by atoms with Gasteiger partial charge in [0, 0.05) is 6.54 Å². The molecule has 0 atom stereocenters. The van der Waals surface area contributed by atoms with E-state index >= 15 is 0 Å². The summed E-state index contributed by atoms with van der Waals surface area (Å²) in [5, 5.41) is 2.76. The molecule has 0 unspecified atom stereocenters. The molecule has 24 heavy (non-hydrogen) atoms. The minimum absolute atomic E-state index is 0.275. The molecule has 128 valence electrons. The van der Waals surface area contributed by atoms with E-state index in [1.54, 1.807) is 12.1 Å². The Kier molecular flexibility index (Phi) is 5.25. The molecular weight excluding hydrogens is 309 g/mol. The molecule has 3 rings (SSSR count). The molecule has 2 heterocycles. The molecule has 2 aromatic rings. The molecule has 1 N–H and O–H groups in total. The summed E-state index contributed by atoms with van der Waals surface area (Å²) in [7, 11) is 0. The highest BCUT2D eigenvalue weighted by molar-refractivity contribution is 5.91. The van der Waals surface area contributed by atoms with E-state index in [0.29, 0.717) is 19.0 Å². The molecule has 1 aromatic heterocycles. The molecular formula is C18H22FN3O2. The number of carbonyl (C=O) groups excluding carboxylic acids is 1. The van der Waals surface area contributed by atoms with E-state index < -0.39 is 0 Å². The number of hydrogen-bond acceptors (Lipinski definition) is 4. The molecule has 1 aromatic carbocycles. The molecule has 0 radical (unpaired) electrons. The molecule has 1 saturated heterocycles. The summed E-state index contributed by atoms with van der Waals surface area (Å²) in [6, 6.07) is 6.02. The van der Waals surface area contributed by atoms with Crippen LogP contribution in [0.1, 0.15) is 41.7 Å². The summed E-state index contributed by atoms with van der Waals surface area (Å²) < 4.78 is 18.3. The molecule has 0 bridgehead atoms. The first-order valence-electron chi connectivity index (χ1n) is 8.29. The fourth-order valence-electron chi connectivity index (χ4n) is 2.77. The van der Waals surface area contributed by atoms with Crippen molar-refractivity contribution in [1.82, 2.24) is 15.2 Å². The van der Waals surface area contributed by atoms with Gasteiger partial charge in [-0.25, -0.2) is 9.37 Å². The second-order valence-electron chi connectivity index (χ2n) is 6.39. The second kappa shape index (κ2) is 7.57. The van der Waals surface area contributed by atoms with Crippen LogP contribution in [-0.4, -0.2) is 28.9 Å². The Hall–Kier alpha value is -2.21. The zero-order valence-corrected chi connectivity index (χ0v) is 13.8. The van der Waals surface area contributed by atoms with E-state index in [9.17, 15) is 9.18 Å². The van der Waals surface area contributed by atoms with Gasteiger partial charge in [-0.15, -0.1) is 0 Å². The number of hydrogen-bond donors (Lipinski definition) is 1. The fourth-order valence-corrected chi connectivity index (χ4v) is 2.77. The maximum atomic E-state index is 12.9. The van der Waals surface area contributed by atoms with Gasteiger partial charge in [-0.2, -0.15) is 0 Å². The summed E-state index contributed by atoms with van der Waals surface area (Å²) in [5.74, 6) is 0.759. The quantitative estimate of drug-likeness (QED) is 0.915. The normalized spacial score (nSPS) is 16.2. The van der Waals surface area contributed by atoms with Crippen molar-refractivity contribution < 1.29 is 13.6 Å². The van der Waals surface area contributed by atoms with E-state index in [0.717, 1.165) is 24.6 Å². The first-order valence-corrected chi connectivity index (χ1v) is 8.29. The SMILES string of the molecule is CC1CCN(Cc2nc(C(=O)NCc3ccc(F)cc3)co2)CC1. The molecule has 1 fully saturated rings. The van der Waals surface area contributed by atoms with Crippen molar-refractivity contribution in [3.8, 4) is 0 Å². The first-order chi connectivity index (χ1) is 11.6. The smallest absolute Gasteiger partial charge is 0.273 e. The highest BCUT2D eigenvalue weighted by Gasteiger charge is 2.19. The summed E-state index contributed by atoms with van der Waals surface area (Å²) >= 11 is 0. The zero-order valence-electron chi connectivity index (χ0n) is 13.8. The topological polar surface area (TPSA) is 58.4 Å². The van der Waals surface area contributed by atoms with Gasteiger partial charge in [-0.3, -0.25) is 9.69 Å². The Labute approximate surface area is 140 Å². The molecule has 0 spiro atoms. The zero-order chi connectivity index (χ0) is 16.9. The molecule has 6 heteroatoms. The third-order valence-electron chi connectivity index (χ3n) is 4.39. The Morgan fingerprint density at radius 3 is 2.75 bits per heavy atom. The summed E-state index contributed by atoms with van der Waals surface area (Å²) in [6.45, 7) is 5.31. The number of nitrogens with one attached hydrogen (secondary N) is 1. The van der Waals surface area contributed by atoms with Crippen molar-refractivity contribution in [2.75, 3.05) is 13.1 Å². The average molecular weight is 331 g/mol. The number of carbonyl (C=O) groups is 1. The van der Waals surface area contributed by atoms with Gasteiger partial charge in [0.2, 0.25) is 5.89 Å². The largest absolute Gasteiger partial charge is 0.447 e. The number of aromatic nitrogens is 1. The predicted octanol–water partition coefficient (Wildman–Crippen LogP) is 2.98. The Morgan fingerprint density at radius 2 is 2.04 bits per heavy atom. The van der Waals surface area contributed by atoms with Crippen LogP contribution in [0.5, 0.6) is 0 Å². The van der Waals surface area contributed by atoms with Gasteiger partial charge in [0.25, 0.3) is 5.91 Å². The van der Waals surface area contributed by atoms with Crippen LogP contribution in [0.4, 0.5) is 4.39 Å². The number of amides is 1. The van der Waals surface area contributed by atoms with Crippen LogP contribution in [-0.2, 0) is 13.1 Å². The number of benzene rings is 1. The molecule has 1 aliphatic rings. The van der Waals surface area contributed by atoms with Crippen molar-refractivity contribution in [3.05, 3.63) is 53.5 Å².